The molecule has 0 radical (unpaired) electrons. The Bertz CT molecular complexity index is 276. The Morgan fingerprint density at radius 3 is 2.71 bits per heavy atom. The Morgan fingerprint density at radius 2 is 2.14 bits per heavy atom. The van der Waals surface area contributed by atoms with Gasteiger partial charge in [0.25, 0.3) is 0 Å². The summed E-state index contributed by atoms with van der Waals surface area (Å²) in [6.07, 6.45) is 2.18. The van der Waals surface area contributed by atoms with E-state index in [-0.39, 0.29) is 5.82 Å². The van der Waals surface area contributed by atoms with Crippen LogP contribution in [0.5, 0.6) is 0 Å². The summed E-state index contributed by atoms with van der Waals surface area (Å²) in [7, 11) is 0. The van der Waals surface area contributed by atoms with E-state index in [1.54, 1.807) is 6.07 Å². The van der Waals surface area contributed by atoms with Crippen molar-refractivity contribution in [2.24, 2.45) is 0 Å². The highest BCUT2D eigenvalue weighted by Crippen LogP contribution is 2.20. The molecular weight excluding hydrogens is 177 g/mol. The summed E-state index contributed by atoms with van der Waals surface area (Å²) in [6.45, 7) is 6.13. The predicted octanol–water partition coefficient (Wildman–Crippen LogP) is 3.73. The molecule has 78 valence electrons. The lowest BCUT2D eigenvalue weighted by atomic mass is 10.1. The van der Waals surface area contributed by atoms with Gasteiger partial charge in [0.2, 0.25) is 0 Å². The topological polar surface area (TPSA) is 12.0 Å². The van der Waals surface area contributed by atoms with Gasteiger partial charge in [0, 0.05) is 6.04 Å². The first-order chi connectivity index (χ1) is 6.65. The number of hydrogen-bond donors (Lipinski definition) is 1. The second-order valence-corrected chi connectivity index (χ2v) is 3.77. The minimum atomic E-state index is -0.159. The zero-order chi connectivity index (χ0) is 10.6. The van der Waals surface area contributed by atoms with E-state index in [0.717, 1.165) is 18.4 Å². The van der Waals surface area contributed by atoms with Crippen molar-refractivity contribution in [3.63, 3.8) is 0 Å². The molecule has 1 rings (SSSR count). The van der Waals surface area contributed by atoms with E-state index < -0.39 is 0 Å². The van der Waals surface area contributed by atoms with Crippen LogP contribution in [0.25, 0.3) is 0 Å². The molecule has 0 fully saturated rings. The summed E-state index contributed by atoms with van der Waals surface area (Å²) >= 11 is 0. The van der Waals surface area contributed by atoms with E-state index >= 15 is 0 Å². The normalized spacial score (nSPS) is 12.6. The lowest BCUT2D eigenvalue weighted by Gasteiger charge is -2.16. The second-order valence-electron chi connectivity index (χ2n) is 3.77. The van der Waals surface area contributed by atoms with Crippen molar-refractivity contribution in [2.45, 2.75) is 39.7 Å². The Morgan fingerprint density at radius 1 is 1.43 bits per heavy atom. The average Bonchev–Trinajstić information content (AvgIpc) is 2.12. The van der Waals surface area contributed by atoms with Crippen molar-refractivity contribution < 1.29 is 4.39 Å². The summed E-state index contributed by atoms with van der Waals surface area (Å²) in [4.78, 5) is 0. The molecule has 2 heteroatoms. The number of hydrogen-bond acceptors (Lipinski definition) is 1. The van der Waals surface area contributed by atoms with Crippen LogP contribution < -0.4 is 5.32 Å². The molecule has 0 amide bonds. The average molecular weight is 195 g/mol. The SMILES string of the molecule is CCCC(C)Nc1c(C)cccc1F. The molecule has 1 aromatic rings. The molecule has 1 N–H and O–H groups in total. The van der Waals surface area contributed by atoms with Gasteiger partial charge in [-0.2, -0.15) is 0 Å². The number of halogens is 1. The number of nitrogens with one attached hydrogen (secondary N) is 1. The van der Waals surface area contributed by atoms with E-state index in [2.05, 4.69) is 19.2 Å². The molecule has 0 aromatic heterocycles. The van der Waals surface area contributed by atoms with Gasteiger partial charge in [-0.05, 0) is 31.9 Å². The molecule has 0 saturated heterocycles. The van der Waals surface area contributed by atoms with Gasteiger partial charge in [0.05, 0.1) is 5.69 Å². The fraction of sp³-hybridized carbons (Fsp3) is 0.500. The number of aryl methyl sites for hydroxylation is 1. The fourth-order valence-electron chi connectivity index (χ4n) is 1.57. The van der Waals surface area contributed by atoms with Crippen LogP contribution in [-0.2, 0) is 0 Å². The standard InChI is InChI=1S/C12H18FN/c1-4-6-10(3)14-12-9(2)7-5-8-11(12)13/h5,7-8,10,14H,4,6H2,1-3H3. The fourth-order valence-corrected chi connectivity index (χ4v) is 1.57. The summed E-state index contributed by atoms with van der Waals surface area (Å²) in [5.74, 6) is -0.159. The van der Waals surface area contributed by atoms with Crippen molar-refractivity contribution in [1.82, 2.24) is 0 Å². The van der Waals surface area contributed by atoms with Crippen molar-refractivity contribution in [1.29, 1.82) is 0 Å². The molecule has 1 aromatic carbocycles. The first-order valence-corrected chi connectivity index (χ1v) is 5.16. The first-order valence-electron chi connectivity index (χ1n) is 5.16. The van der Waals surface area contributed by atoms with Gasteiger partial charge in [-0.1, -0.05) is 25.5 Å². The Labute approximate surface area is 85.3 Å². The lowest BCUT2D eigenvalue weighted by Crippen LogP contribution is -2.16. The van der Waals surface area contributed by atoms with Gasteiger partial charge >= 0.3 is 0 Å². The van der Waals surface area contributed by atoms with Crippen molar-refractivity contribution in [3.8, 4) is 0 Å². The van der Waals surface area contributed by atoms with Crippen LogP contribution in [0.4, 0.5) is 10.1 Å². The molecule has 1 atom stereocenters. The van der Waals surface area contributed by atoms with E-state index in [1.165, 1.54) is 6.07 Å². The summed E-state index contributed by atoms with van der Waals surface area (Å²) < 4.78 is 13.4. The smallest absolute Gasteiger partial charge is 0.146 e. The zero-order valence-corrected chi connectivity index (χ0v) is 9.10. The Hall–Kier alpha value is -1.05. The third kappa shape index (κ3) is 2.72. The van der Waals surface area contributed by atoms with Crippen molar-refractivity contribution in [3.05, 3.63) is 29.6 Å². The van der Waals surface area contributed by atoms with Gasteiger partial charge in [-0.15, -0.1) is 0 Å². The third-order valence-electron chi connectivity index (χ3n) is 2.33. The number of benzene rings is 1. The second kappa shape index (κ2) is 4.99. The Balaban J connectivity index is 2.75. The monoisotopic (exact) mass is 195 g/mol. The van der Waals surface area contributed by atoms with Crippen LogP contribution in [0.3, 0.4) is 0 Å². The summed E-state index contributed by atoms with van der Waals surface area (Å²) in [5, 5.41) is 3.20. The minimum absolute atomic E-state index is 0.159. The van der Waals surface area contributed by atoms with Crippen LogP contribution >= 0.6 is 0 Å². The van der Waals surface area contributed by atoms with Crippen molar-refractivity contribution >= 4 is 5.69 Å². The van der Waals surface area contributed by atoms with E-state index in [0.29, 0.717) is 11.7 Å². The molecule has 0 bridgehead atoms. The zero-order valence-electron chi connectivity index (χ0n) is 9.10. The first kappa shape index (κ1) is 11.0. The Kier molecular flexibility index (Phi) is 3.93. The van der Waals surface area contributed by atoms with Gasteiger partial charge < -0.3 is 5.32 Å². The molecule has 0 spiro atoms. The highest BCUT2D eigenvalue weighted by molar-refractivity contribution is 5.52. The lowest BCUT2D eigenvalue weighted by molar-refractivity contribution is 0.619. The highest BCUT2D eigenvalue weighted by atomic mass is 19.1. The van der Waals surface area contributed by atoms with Crippen LogP contribution in [0, 0.1) is 12.7 Å². The van der Waals surface area contributed by atoms with Crippen LogP contribution in [0.1, 0.15) is 32.3 Å². The molecular formula is C12H18FN. The highest BCUT2D eigenvalue weighted by Gasteiger charge is 2.07. The molecule has 0 saturated carbocycles. The van der Waals surface area contributed by atoms with E-state index in [9.17, 15) is 4.39 Å². The number of para-hydroxylation sites is 1. The summed E-state index contributed by atoms with van der Waals surface area (Å²) in [5.41, 5.74) is 1.61. The molecule has 1 unspecified atom stereocenters. The quantitative estimate of drug-likeness (QED) is 0.771. The number of rotatable bonds is 4. The molecule has 0 heterocycles. The van der Waals surface area contributed by atoms with Gasteiger partial charge in [0.15, 0.2) is 0 Å². The minimum Gasteiger partial charge on any atom is -0.380 e. The molecule has 0 aliphatic carbocycles. The molecule has 14 heavy (non-hydrogen) atoms. The molecule has 0 aliphatic rings. The van der Waals surface area contributed by atoms with Crippen LogP contribution in [0.2, 0.25) is 0 Å². The maximum absolute atomic E-state index is 13.4. The van der Waals surface area contributed by atoms with Crippen LogP contribution in [0.15, 0.2) is 18.2 Å². The van der Waals surface area contributed by atoms with Gasteiger partial charge in [-0.25, -0.2) is 4.39 Å². The largest absolute Gasteiger partial charge is 0.380 e. The number of anilines is 1. The van der Waals surface area contributed by atoms with Gasteiger partial charge in [0.1, 0.15) is 5.82 Å². The van der Waals surface area contributed by atoms with Crippen molar-refractivity contribution in [2.75, 3.05) is 5.32 Å². The maximum Gasteiger partial charge on any atom is 0.146 e. The molecule has 1 nitrogen and oxygen atoms in total. The third-order valence-corrected chi connectivity index (χ3v) is 2.33. The van der Waals surface area contributed by atoms with E-state index in [1.807, 2.05) is 13.0 Å². The van der Waals surface area contributed by atoms with Crippen LogP contribution in [-0.4, -0.2) is 6.04 Å². The molecule has 0 aliphatic heterocycles. The maximum atomic E-state index is 13.4. The van der Waals surface area contributed by atoms with Gasteiger partial charge in [-0.3, -0.25) is 0 Å². The summed E-state index contributed by atoms with van der Waals surface area (Å²) in [6, 6.07) is 5.48. The van der Waals surface area contributed by atoms with E-state index in [4.69, 9.17) is 0 Å². The predicted molar refractivity (Wildman–Crippen MR) is 59.1 cm³/mol.